The van der Waals surface area contributed by atoms with Gasteiger partial charge < -0.3 is 14.5 Å². The third kappa shape index (κ3) is 5.78. The first kappa shape index (κ1) is 21.9. The number of nitrogens with zero attached hydrogens (tertiary/aromatic N) is 1. The highest BCUT2D eigenvalue weighted by molar-refractivity contribution is 9.10. The number of halogens is 1. The molecule has 0 aliphatic rings. The molecule has 1 amide bonds. The number of furan rings is 1. The highest BCUT2D eigenvalue weighted by atomic mass is 79.9. The Labute approximate surface area is 171 Å². The summed E-state index contributed by atoms with van der Waals surface area (Å²) >= 11 is 3.15. The maximum atomic E-state index is 12.2. The van der Waals surface area contributed by atoms with Crippen molar-refractivity contribution in [2.75, 3.05) is 19.4 Å². The predicted octanol–water partition coefficient (Wildman–Crippen LogP) is 2.88. The van der Waals surface area contributed by atoms with Gasteiger partial charge in [-0.05, 0) is 59.3 Å². The van der Waals surface area contributed by atoms with E-state index in [0.717, 1.165) is 10.4 Å². The van der Waals surface area contributed by atoms with Crippen molar-refractivity contribution in [1.29, 1.82) is 0 Å². The third-order valence-electron chi connectivity index (χ3n) is 3.52. The first-order valence-corrected chi connectivity index (χ1v) is 10.3. The Kier molecular flexibility index (Phi) is 7.17. The lowest BCUT2D eigenvalue weighted by molar-refractivity contribution is -0.148. The average molecular weight is 471 g/mol. The molecule has 1 aromatic carbocycles. The van der Waals surface area contributed by atoms with E-state index in [1.807, 2.05) is 0 Å². The van der Waals surface area contributed by atoms with Crippen LogP contribution in [-0.4, -0.2) is 44.8 Å². The molecule has 1 unspecified atom stereocenters. The van der Waals surface area contributed by atoms with E-state index in [9.17, 15) is 18.0 Å². The molecule has 8 nitrogen and oxygen atoms in total. The van der Waals surface area contributed by atoms with Crippen molar-refractivity contribution in [2.45, 2.75) is 17.9 Å². The number of rotatable bonds is 7. The molecule has 10 heteroatoms. The van der Waals surface area contributed by atoms with Gasteiger partial charge in [0.15, 0.2) is 10.8 Å². The molecule has 0 spiro atoms. The average Bonchev–Trinajstić information content (AvgIpc) is 3.05. The summed E-state index contributed by atoms with van der Waals surface area (Å²) in [7, 11) is -0.804. The molecule has 0 fully saturated rings. The normalized spacial score (nSPS) is 12.9. The maximum Gasteiger partial charge on any atom is 0.331 e. The van der Waals surface area contributed by atoms with E-state index in [0.29, 0.717) is 10.4 Å². The van der Waals surface area contributed by atoms with Crippen LogP contribution in [0.2, 0.25) is 0 Å². The summed E-state index contributed by atoms with van der Waals surface area (Å²) in [5.41, 5.74) is 0.270. The molecule has 28 heavy (non-hydrogen) atoms. The summed E-state index contributed by atoms with van der Waals surface area (Å²) in [6, 6.07) is 9.12. The van der Waals surface area contributed by atoms with Crippen LogP contribution in [0.4, 0.5) is 5.69 Å². The molecule has 1 N–H and O–H groups in total. The number of ether oxygens (including phenoxy) is 1. The smallest absolute Gasteiger partial charge is 0.331 e. The van der Waals surface area contributed by atoms with Gasteiger partial charge in [-0.2, -0.15) is 0 Å². The monoisotopic (exact) mass is 470 g/mol. The second-order valence-corrected chi connectivity index (χ2v) is 8.79. The lowest BCUT2D eigenvalue weighted by atomic mass is 10.3. The van der Waals surface area contributed by atoms with E-state index < -0.39 is 28.0 Å². The van der Waals surface area contributed by atoms with Crippen LogP contribution in [0.1, 0.15) is 12.7 Å². The largest absolute Gasteiger partial charge is 0.450 e. The molecule has 150 valence electrons. The maximum absolute atomic E-state index is 12.2. The Morgan fingerprint density at radius 3 is 2.57 bits per heavy atom. The number of anilines is 1. The van der Waals surface area contributed by atoms with Crippen LogP contribution in [0.15, 0.2) is 56.5 Å². The summed E-state index contributed by atoms with van der Waals surface area (Å²) in [5, 5.41) is 2.53. The number of hydrogen-bond donors (Lipinski definition) is 1. The highest BCUT2D eigenvalue weighted by Gasteiger charge is 2.20. The SMILES string of the molecule is CC(OC(=O)C=Cc1ccc(Br)o1)C(=O)Nc1cccc(S(=O)(=O)N(C)C)c1. The molecule has 2 rings (SSSR count). The fraction of sp³-hybridized carbons (Fsp3) is 0.222. The molecule has 0 saturated heterocycles. The third-order valence-corrected chi connectivity index (χ3v) is 5.76. The van der Waals surface area contributed by atoms with Crippen molar-refractivity contribution >= 4 is 49.6 Å². The minimum Gasteiger partial charge on any atom is -0.450 e. The molecule has 1 aromatic heterocycles. The molecule has 0 radical (unpaired) electrons. The van der Waals surface area contributed by atoms with Gasteiger partial charge in [-0.15, -0.1) is 0 Å². The van der Waals surface area contributed by atoms with Crippen LogP contribution in [0, 0.1) is 0 Å². The molecule has 2 aromatic rings. The van der Waals surface area contributed by atoms with E-state index in [-0.39, 0.29) is 10.6 Å². The van der Waals surface area contributed by atoms with E-state index >= 15 is 0 Å². The number of amides is 1. The van der Waals surface area contributed by atoms with Gasteiger partial charge in [0.2, 0.25) is 10.0 Å². The first-order chi connectivity index (χ1) is 13.1. The number of sulfonamides is 1. The summed E-state index contributed by atoms with van der Waals surface area (Å²) in [5.74, 6) is -0.874. The zero-order chi connectivity index (χ0) is 20.9. The molecule has 0 saturated carbocycles. The molecule has 0 bridgehead atoms. The van der Waals surface area contributed by atoms with Gasteiger partial charge in [-0.25, -0.2) is 17.5 Å². The Balaban J connectivity index is 1.98. The van der Waals surface area contributed by atoms with Gasteiger partial charge in [0.1, 0.15) is 5.76 Å². The van der Waals surface area contributed by atoms with Crippen molar-refractivity contribution in [3.8, 4) is 0 Å². The van der Waals surface area contributed by atoms with Crippen molar-refractivity contribution in [1.82, 2.24) is 4.31 Å². The topological polar surface area (TPSA) is 106 Å². The standard InChI is InChI=1S/C18H19BrN2O6S/c1-12(26-17(22)10-8-14-7-9-16(19)27-14)18(23)20-13-5-4-6-15(11-13)28(24,25)21(2)3/h4-12H,1-3H3,(H,20,23). The van der Waals surface area contributed by atoms with Gasteiger partial charge in [-0.1, -0.05) is 6.07 Å². The summed E-state index contributed by atoms with van der Waals surface area (Å²) in [6.45, 7) is 1.41. The summed E-state index contributed by atoms with van der Waals surface area (Å²) < 4.78 is 36.2. The molecule has 0 aliphatic carbocycles. The number of carbonyl (C=O) groups excluding carboxylic acids is 2. The first-order valence-electron chi connectivity index (χ1n) is 8.07. The van der Waals surface area contributed by atoms with Crippen LogP contribution < -0.4 is 5.32 Å². The lowest BCUT2D eigenvalue weighted by Crippen LogP contribution is -2.29. The minimum atomic E-state index is -3.63. The number of benzene rings is 1. The van der Waals surface area contributed by atoms with E-state index in [4.69, 9.17) is 9.15 Å². The second-order valence-electron chi connectivity index (χ2n) is 5.86. The number of esters is 1. The van der Waals surface area contributed by atoms with Gasteiger partial charge in [-0.3, -0.25) is 4.79 Å². The summed E-state index contributed by atoms with van der Waals surface area (Å²) in [6.07, 6.45) is 1.46. The fourth-order valence-corrected chi connectivity index (χ4v) is 3.29. The van der Waals surface area contributed by atoms with E-state index in [2.05, 4.69) is 21.2 Å². The molecule has 0 aliphatic heterocycles. The predicted molar refractivity (Wildman–Crippen MR) is 107 cm³/mol. The summed E-state index contributed by atoms with van der Waals surface area (Å²) in [4.78, 5) is 24.1. The van der Waals surface area contributed by atoms with Gasteiger partial charge in [0.25, 0.3) is 5.91 Å². The lowest BCUT2D eigenvalue weighted by Gasteiger charge is -2.14. The van der Waals surface area contributed by atoms with Crippen molar-refractivity contribution in [2.24, 2.45) is 0 Å². The molecular weight excluding hydrogens is 452 g/mol. The zero-order valence-corrected chi connectivity index (χ0v) is 17.8. The van der Waals surface area contributed by atoms with E-state index in [1.54, 1.807) is 12.1 Å². The molecule has 1 atom stereocenters. The van der Waals surface area contributed by atoms with Gasteiger partial charge >= 0.3 is 5.97 Å². The zero-order valence-electron chi connectivity index (χ0n) is 15.4. The van der Waals surface area contributed by atoms with Gasteiger partial charge in [0, 0.05) is 25.9 Å². The Morgan fingerprint density at radius 1 is 1.25 bits per heavy atom. The van der Waals surface area contributed by atoms with Crippen LogP contribution >= 0.6 is 15.9 Å². The van der Waals surface area contributed by atoms with Crippen LogP contribution in [0.5, 0.6) is 0 Å². The quantitative estimate of drug-likeness (QED) is 0.492. The number of nitrogens with one attached hydrogen (secondary N) is 1. The highest BCUT2D eigenvalue weighted by Crippen LogP contribution is 2.18. The number of carbonyl (C=O) groups is 2. The second kappa shape index (κ2) is 9.18. The van der Waals surface area contributed by atoms with Crippen LogP contribution in [-0.2, 0) is 24.3 Å². The number of hydrogen-bond acceptors (Lipinski definition) is 6. The molecule has 1 heterocycles. The molecular formula is C18H19BrN2O6S. The Morgan fingerprint density at radius 2 is 1.96 bits per heavy atom. The van der Waals surface area contributed by atoms with Crippen LogP contribution in [0.25, 0.3) is 6.08 Å². The van der Waals surface area contributed by atoms with Crippen molar-refractivity contribution < 1.29 is 27.2 Å². The fourth-order valence-electron chi connectivity index (χ4n) is 2.02. The van der Waals surface area contributed by atoms with Crippen molar-refractivity contribution in [3.05, 3.63) is 52.9 Å². The Hall–Kier alpha value is -2.43. The van der Waals surface area contributed by atoms with Crippen molar-refractivity contribution in [3.63, 3.8) is 0 Å². The van der Waals surface area contributed by atoms with E-state index in [1.165, 1.54) is 51.4 Å². The van der Waals surface area contributed by atoms with Gasteiger partial charge in [0.05, 0.1) is 4.90 Å². The minimum absolute atomic E-state index is 0.0347. The van der Waals surface area contributed by atoms with Crippen LogP contribution in [0.3, 0.4) is 0 Å². The Bertz CT molecular complexity index is 997.